The molecule has 4 nitrogen and oxygen atoms in total. The van der Waals surface area contributed by atoms with E-state index in [1.54, 1.807) is 0 Å². The molecule has 4 heteroatoms. The van der Waals surface area contributed by atoms with Gasteiger partial charge in [-0.05, 0) is 49.5 Å². The number of nitrogens with two attached hydrogens (primary N) is 1. The Morgan fingerprint density at radius 2 is 2.00 bits per heavy atom. The number of benzene rings is 1. The fraction of sp³-hybridized carbons (Fsp3) is 0.611. The van der Waals surface area contributed by atoms with E-state index in [-0.39, 0.29) is 6.09 Å². The van der Waals surface area contributed by atoms with Crippen LogP contribution in [-0.2, 0) is 11.3 Å². The van der Waals surface area contributed by atoms with Crippen LogP contribution in [0.4, 0.5) is 4.79 Å². The Balaban J connectivity index is 1.57. The third kappa shape index (κ3) is 5.68. The molecule has 1 fully saturated rings. The largest absolute Gasteiger partial charge is 0.445 e. The quantitative estimate of drug-likeness (QED) is 0.789. The molecule has 0 heterocycles. The summed E-state index contributed by atoms with van der Waals surface area (Å²) in [6.07, 6.45) is 6.45. The van der Waals surface area contributed by atoms with Crippen LogP contribution < -0.4 is 11.1 Å². The van der Waals surface area contributed by atoms with Crippen LogP contribution in [0.5, 0.6) is 0 Å². The van der Waals surface area contributed by atoms with Gasteiger partial charge in [-0.2, -0.15) is 0 Å². The number of alkyl carbamates (subject to hydrolysis) is 1. The van der Waals surface area contributed by atoms with Crippen LogP contribution in [0.1, 0.15) is 51.0 Å². The molecule has 1 aromatic carbocycles. The van der Waals surface area contributed by atoms with Crippen LogP contribution in [0.25, 0.3) is 0 Å². The fourth-order valence-corrected chi connectivity index (χ4v) is 3.07. The van der Waals surface area contributed by atoms with Crippen LogP contribution in [0.15, 0.2) is 30.3 Å². The minimum Gasteiger partial charge on any atom is -0.445 e. The van der Waals surface area contributed by atoms with E-state index in [0.717, 1.165) is 31.2 Å². The van der Waals surface area contributed by atoms with E-state index in [2.05, 4.69) is 12.2 Å². The minimum atomic E-state index is -0.334. The number of nitrogens with one attached hydrogen (secondary N) is 1. The maximum Gasteiger partial charge on any atom is 0.407 e. The van der Waals surface area contributed by atoms with E-state index in [0.29, 0.717) is 24.6 Å². The van der Waals surface area contributed by atoms with Gasteiger partial charge in [-0.3, -0.25) is 0 Å². The molecule has 0 aromatic heterocycles. The highest BCUT2D eigenvalue weighted by Crippen LogP contribution is 2.39. The zero-order valence-corrected chi connectivity index (χ0v) is 13.5. The Labute approximate surface area is 133 Å². The summed E-state index contributed by atoms with van der Waals surface area (Å²) in [7, 11) is 0. The average Bonchev–Trinajstić information content (AvgIpc) is 2.54. The van der Waals surface area contributed by atoms with E-state index in [1.807, 2.05) is 30.3 Å². The van der Waals surface area contributed by atoms with Crippen molar-refractivity contribution >= 4 is 6.09 Å². The third-order valence-electron chi connectivity index (χ3n) is 4.68. The average molecular weight is 304 g/mol. The van der Waals surface area contributed by atoms with Gasteiger partial charge < -0.3 is 15.8 Å². The second-order valence-corrected chi connectivity index (χ2v) is 6.74. The molecule has 22 heavy (non-hydrogen) atoms. The van der Waals surface area contributed by atoms with Gasteiger partial charge in [0.15, 0.2) is 0 Å². The van der Waals surface area contributed by atoms with Crippen molar-refractivity contribution in [1.82, 2.24) is 5.32 Å². The number of ether oxygens (including phenoxy) is 1. The zero-order valence-electron chi connectivity index (χ0n) is 13.5. The van der Waals surface area contributed by atoms with Crippen LogP contribution in [0.2, 0.25) is 0 Å². The second kappa shape index (κ2) is 8.18. The number of carbonyl (C=O) groups is 1. The number of rotatable bonds is 6. The molecule has 0 unspecified atom stereocenters. The summed E-state index contributed by atoms with van der Waals surface area (Å²) in [6, 6.07) is 10.1. The van der Waals surface area contributed by atoms with Crippen molar-refractivity contribution < 1.29 is 9.53 Å². The van der Waals surface area contributed by atoms with Crippen molar-refractivity contribution in [1.29, 1.82) is 0 Å². The van der Waals surface area contributed by atoms with Gasteiger partial charge in [-0.15, -0.1) is 0 Å². The summed E-state index contributed by atoms with van der Waals surface area (Å²) in [5, 5.41) is 2.83. The van der Waals surface area contributed by atoms with Crippen LogP contribution >= 0.6 is 0 Å². The summed E-state index contributed by atoms with van der Waals surface area (Å²) < 4.78 is 5.19. The normalized spacial score (nSPS) is 24.7. The predicted molar refractivity (Wildman–Crippen MR) is 88.4 cm³/mol. The highest BCUT2D eigenvalue weighted by molar-refractivity contribution is 5.67. The first kappa shape index (κ1) is 16.8. The summed E-state index contributed by atoms with van der Waals surface area (Å²) in [4.78, 5) is 11.6. The smallest absolute Gasteiger partial charge is 0.407 e. The summed E-state index contributed by atoms with van der Waals surface area (Å²) in [5.41, 5.74) is 7.36. The monoisotopic (exact) mass is 304 g/mol. The standard InChI is InChI=1S/C18H28N2O2/c1-18(11-8-16(19)9-12-18)10-5-13-20-17(21)22-14-15-6-3-2-4-7-15/h2-4,6-7,16H,5,8-14,19H2,1H3,(H,20,21). The van der Waals surface area contributed by atoms with Crippen LogP contribution in [0, 0.1) is 5.41 Å². The van der Waals surface area contributed by atoms with Gasteiger partial charge in [-0.1, -0.05) is 37.3 Å². The molecule has 0 saturated heterocycles. The van der Waals surface area contributed by atoms with Crippen molar-refractivity contribution in [2.45, 2.75) is 58.1 Å². The lowest BCUT2D eigenvalue weighted by molar-refractivity contribution is 0.137. The Morgan fingerprint density at radius 3 is 2.68 bits per heavy atom. The molecule has 1 saturated carbocycles. The summed E-state index contributed by atoms with van der Waals surface area (Å²) in [5.74, 6) is 0. The molecule has 0 spiro atoms. The van der Waals surface area contributed by atoms with Gasteiger partial charge >= 0.3 is 6.09 Å². The molecule has 3 N–H and O–H groups in total. The predicted octanol–water partition coefficient (Wildman–Crippen LogP) is 3.60. The maximum absolute atomic E-state index is 11.6. The molecule has 2 rings (SSSR count). The first-order chi connectivity index (χ1) is 10.6. The van der Waals surface area contributed by atoms with Gasteiger partial charge in [0.05, 0.1) is 0 Å². The Kier molecular flexibility index (Phi) is 6.25. The molecule has 1 aliphatic rings. The maximum atomic E-state index is 11.6. The van der Waals surface area contributed by atoms with Crippen LogP contribution in [-0.4, -0.2) is 18.7 Å². The van der Waals surface area contributed by atoms with Crippen molar-refractivity contribution in [3.63, 3.8) is 0 Å². The number of amides is 1. The van der Waals surface area contributed by atoms with Crippen molar-refractivity contribution in [2.24, 2.45) is 11.1 Å². The minimum absolute atomic E-state index is 0.322. The van der Waals surface area contributed by atoms with E-state index < -0.39 is 0 Å². The topological polar surface area (TPSA) is 64.3 Å². The van der Waals surface area contributed by atoms with Crippen molar-refractivity contribution in [2.75, 3.05) is 6.54 Å². The highest BCUT2D eigenvalue weighted by Gasteiger charge is 2.29. The third-order valence-corrected chi connectivity index (χ3v) is 4.68. The van der Waals surface area contributed by atoms with Crippen molar-refractivity contribution in [3.8, 4) is 0 Å². The summed E-state index contributed by atoms with van der Waals surface area (Å²) >= 11 is 0. The Hall–Kier alpha value is -1.55. The molecule has 0 bridgehead atoms. The molecule has 1 amide bonds. The Morgan fingerprint density at radius 1 is 1.32 bits per heavy atom. The molecule has 0 radical (unpaired) electrons. The van der Waals surface area contributed by atoms with Gasteiger partial charge in [0.25, 0.3) is 0 Å². The van der Waals surface area contributed by atoms with Gasteiger partial charge in [0.2, 0.25) is 0 Å². The lowest BCUT2D eigenvalue weighted by Gasteiger charge is -2.36. The molecule has 1 aromatic rings. The summed E-state index contributed by atoms with van der Waals surface area (Å²) in [6.45, 7) is 3.34. The van der Waals surface area contributed by atoms with Crippen molar-refractivity contribution in [3.05, 3.63) is 35.9 Å². The molecular weight excluding hydrogens is 276 g/mol. The first-order valence-electron chi connectivity index (χ1n) is 8.28. The van der Waals surface area contributed by atoms with Gasteiger partial charge in [-0.25, -0.2) is 4.79 Å². The molecule has 0 aliphatic heterocycles. The SMILES string of the molecule is CC1(CCCNC(=O)OCc2ccccc2)CCC(N)CC1. The number of carbonyl (C=O) groups excluding carboxylic acids is 1. The van der Waals surface area contributed by atoms with Crippen LogP contribution in [0.3, 0.4) is 0 Å². The first-order valence-corrected chi connectivity index (χ1v) is 8.28. The molecule has 0 atom stereocenters. The number of hydrogen-bond acceptors (Lipinski definition) is 3. The van der Waals surface area contributed by atoms with Gasteiger partial charge in [0, 0.05) is 12.6 Å². The van der Waals surface area contributed by atoms with E-state index in [4.69, 9.17) is 10.5 Å². The second-order valence-electron chi connectivity index (χ2n) is 6.74. The van der Waals surface area contributed by atoms with E-state index >= 15 is 0 Å². The Bertz CT molecular complexity index is 453. The zero-order chi connectivity index (χ0) is 15.8. The lowest BCUT2D eigenvalue weighted by Crippen LogP contribution is -2.33. The lowest BCUT2D eigenvalue weighted by atomic mass is 9.71. The van der Waals surface area contributed by atoms with Gasteiger partial charge in [0.1, 0.15) is 6.61 Å². The highest BCUT2D eigenvalue weighted by atomic mass is 16.5. The van der Waals surface area contributed by atoms with E-state index in [1.165, 1.54) is 12.8 Å². The number of hydrogen-bond donors (Lipinski definition) is 2. The molecule has 122 valence electrons. The molecule has 1 aliphatic carbocycles. The molecular formula is C18H28N2O2. The van der Waals surface area contributed by atoms with E-state index in [9.17, 15) is 4.79 Å². The fourth-order valence-electron chi connectivity index (χ4n) is 3.07.